The first-order valence-electron chi connectivity index (χ1n) is 21.2. The smallest absolute Gasteiger partial charge is 0.264 e. The Morgan fingerprint density at radius 3 is 2.31 bits per heavy atom. The average molecular weight is 856 g/mol. The second-order valence-electron chi connectivity index (χ2n) is 17.7. The third-order valence-electron chi connectivity index (χ3n) is 12.7. The minimum Gasteiger partial charge on any atom is -0.487 e. The summed E-state index contributed by atoms with van der Waals surface area (Å²) in [5.41, 5.74) is 3.22. The molecule has 1 aliphatic carbocycles. The van der Waals surface area contributed by atoms with Crippen LogP contribution in [0.3, 0.4) is 0 Å². The molecule has 0 aromatic heterocycles. The summed E-state index contributed by atoms with van der Waals surface area (Å²) in [5.74, 6) is 0.282. The number of benzene rings is 4. The number of aliphatic hydroxyl groups excluding tert-OH is 1. The van der Waals surface area contributed by atoms with Gasteiger partial charge in [-0.15, -0.1) is 0 Å². The molecule has 59 heavy (non-hydrogen) atoms. The quantitative estimate of drug-likeness (QED) is 0.148. The number of allylic oxidation sites excluding steroid dienone is 1. The van der Waals surface area contributed by atoms with Gasteiger partial charge in [-0.3, -0.25) is 4.79 Å². The molecular weight excluding hydrogens is 796 g/mol. The predicted molar refractivity (Wildman–Crippen MR) is 241 cm³/mol. The Labute approximate surface area is 357 Å². The molecule has 0 spiro atoms. The van der Waals surface area contributed by atoms with Crippen LogP contribution in [0.25, 0.3) is 0 Å². The molecule has 8 nitrogen and oxygen atoms in total. The minimum absolute atomic E-state index is 0.0824. The van der Waals surface area contributed by atoms with Crippen molar-refractivity contribution in [3.63, 3.8) is 0 Å². The lowest BCUT2D eigenvalue weighted by Gasteiger charge is -2.45. The lowest BCUT2D eigenvalue weighted by Crippen LogP contribution is -2.67. The summed E-state index contributed by atoms with van der Waals surface area (Å²) in [4.78, 5) is 16.4. The first-order valence-corrected chi connectivity index (χ1v) is 25.1. The monoisotopic (exact) mass is 854 g/mol. The molecule has 7 rings (SSSR count). The lowest BCUT2D eigenvalue weighted by atomic mass is 9.70. The standard InChI is InChI=1S/C48H59ClN2O6SSi/c1-34(57-59(48(2,3)4,41-17-7-5-8-18-41)42-19-9-6-10-20-42)29-40-16-11-12-21-45(52)43-26-23-37(43)32-51-28-14-13-15-35-30-39(49)25-22-38(35)33-56-46-27-24-36(31-44(46)51)47(53)50-58(40,54)55/h5-10,12,17-22,24-25,27,30-31,34,37,40,43,45,52H,11,13-16,23,26,28-29,32-33H2,1-4H3,(H,50,53)/b21-12+/t34-,37+,40+,43-,45?/m1/s1. The highest BCUT2D eigenvalue weighted by molar-refractivity contribution is 7.90. The Morgan fingerprint density at radius 1 is 0.932 bits per heavy atom. The maximum Gasteiger partial charge on any atom is 0.264 e. The number of sulfonamides is 1. The number of rotatable bonds is 6. The van der Waals surface area contributed by atoms with Crippen LogP contribution in [0.5, 0.6) is 5.75 Å². The number of halogens is 1. The molecule has 4 aromatic rings. The number of hydrogen-bond donors (Lipinski definition) is 2. The van der Waals surface area contributed by atoms with Gasteiger partial charge in [0, 0.05) is 29.8 Å². The Morgan fingerprint density at radius 2 is 1.64 bits per heavy atom. The summed E-state index contributed by atoms with van der Waals surface area (Å²) >= 11 is 6.39. The molecule has 1 fully saturated rings. The van der Waals surface area contributed by atoms with Crippen molar-refractivity contribution in [2.75, 3.05) is 18.0 Å². The molecule has 3 aliphatic rings. The molecule has 11 heteroatoms. The number of aliphatic hydroxyl groups is 1. The summed E-state index contributed by atoms with van der Waals surface area (Å²) in [5, 5.41) is 13.1. The highest BCUT2D eigenvalue weighted by Crippen LogP contribution is 2.42. The van der Waals surface area contributed by atoms with E-state index in [2.05, 4.69) is 54.7 Å². The van der Waals surface area contributed by atoms with Crippen LogP contribution in [0.15, 0.2) is 109 Å². The zero-order chi connectivity index (χ0) is 41.8. The van der Waals surface area contributed by atoms with E-state index in [1.165, 1.54) is 0 Å². The van der Waals surface area contributed by atoms with Gasteiger partial charge in [0.05, 0.1) is 17.0 Å². The van der Waals surface area contributed by atoms with Gasteiger partial charge in [0.25, 0.3) is 14.2 Å². The van der Waals surface area contributed by atoms with E-state index >= 15 is 0 Å². The number of fused-ring (bicyclic) bond motifs is 3. The Bertz CT molecular complexity index is 2170. The zero-order valence-electron chi connectivity index (χ0n) is 34.8. The fourth-order valence-electron chi connectivity index (χ4n) is 9.38. The van der Waals surface area contributed by atoms with Crippen molar-refractivity contribution < 1.29 is 27.5 Å². The Kier molecular flexibility index (Phi) is 13.4. The third-order valence-corrected chi connectivity index (χ3v) is 19.8. The largest absolute Gasteiger partial charge is 0.487 e. The number of hydrogen-bond acceptors (Lipinski definition) is 7. The SMILES string of the molecule is C[C@H](C[C@@H]1CC/C=C/C(O)[C@@H]2CC[C@H]2CN2CCCCc3cc(Cl)ccc3COc3ccc(cc32)C(=O)NS1(=O)=O)O[Si](c1ccccc1)(c1ccccc1)C(C)(C)C. The molecule has 314 valence electrons. The van der Waals surface area contributed by atoms with E-state index in [1.54, 1.807) is 18.2 Å². The second-order valence-corrected chi connectivity index (χ2v) is 24.4. The molecule has 1 saturated carbocycles. The maximum absolute atomic E-state index is 14.5. The molecule has 5 atom stereocenters. The van der Waals surface area contributed by atoms with Gasteiger partial charge in [-0.2, -0.15) is 0 Å². The lowest BCUT2D eigenvalue weighted by molar-refractivity contribution is 0.0461. The van der Waals surface area contributed by atoms with E-state index < -0.39 is 41.7 Å². The Balaban J connectivity index is 1.22. The van der Waals surface area contributed by atoms with Crippen molar-refractivity contribution in [3.05, 3.63) is 131 Å². The van der Waals surface area contributed by atoms with Crippen LogP contribution in [-0.2, 0) is 27.5 Å². The summed E-state index contributed by atoms with van der Waals surface area (Å²) in [6.45, 7) is 10.3. The van der Waals surface area contributed by atoms with E-state index in [4.69, 9.17) is 20.8 Å². The number of aryl methyl sites for hydroxylation is 1. The highest BCUT2D eigenvalue weighted by Gasteiger charge is 2.51. The molecule has 1 amide bonds. The van der Waals surface area contributed by atoms with E-state index in [-0.39, 0.29) is 35.3 Å². The Hall–Kier alpha value is -3.93. The van der Waals surface area contributed by atoms with Crippen LogP contribution in [0.2, 0.25) is 10.1 Å². The van der Waals surface area contributed by atoms with Gasteiger partial charge in [-0.05, 0) is 127 Å². The van der Waals surface area contributed by atoms with Crippen LogP contribution < -0.4 is 24.7 Å². The molecule has 0 saturated heterocycles. The molecule has 4 aromatic carbocycles. The van der Waals surface area contributed by atoms with Crippen LogP contribution in [0.4, 0.5) is 5.69 Å². The van der Waals surface area contributed by atoms with Gasteiger partial charge >= 0.3 is 0 Å². The number of carbonyl (C=O) groups excluding carboxylic acids is 1. The van der Waals surface area contributed by atoms with Crippen LogP contribution in [0, 0.1) is 11.8 Å². The number of ether oxygens (including phenoxy) is 1. The van der Waals surface area contributed by atoms with Gasteiger partial charge in [-0.25, -0.2) is 13.1 Å². The van der Waals surface area contributed by atoms with Crippen molar-refractivity contribution in [1.82, 2.24) is 4.72 Å². The normalized spacial score (nSPS) is 23.8. The van der Waals surface area contributed by atoms with E-state index in [0.29, 0.717) is 30.3 Å². The minimum atomic E-state index is -4.20. The van der Waals surface area contributed by atoms with Crippen molar-refractivity contribution >= 4 is 51.9 Å². The topological polar surface area (TPSA) is 105 Å². The van der Waals surface area contributed by atoms with Crippen molar-refractivity contribution in [2.24, 2.45) is 11.8 Å². The van der Waals surface area contributed by atoms with E-state index in [0.717, 1.165) is 65.8 Å². The van der Waals surface area contributed by atoms with Crippen LogP contribution in [-0.4, -0.2) is 58.3 Å². The van der Waals surface area contributed by atoms with Crippen LogP contribution in [0.1, 0.15) is 94.1 Å². The first kappa shape index (κ1) is 43.2. The fraction of sp³-hybridized carbons (Fsp3) is 0.438. The summed E-state index contributed by atoms with van der Waals surface area (Å²) in [6.07, 6.45) is 8.11. The fourth-order valence-corrected chi connectivity index (χ4v) is 15.8. The highest BCUT2D eigenvalue weighted by atomic mass is 35.5. The zero-order valence-corrected chi connectivity index (χ0v) is 37.4. The molecule has 2 aliphatic heterocycles. The molecule has 2 bridgehead atoms. The maximum atomic E-state index is 14.5. The van der Waals surface area contributed by atoms with Gasteiger partial charge in [0.15, 0.2) is 0 Å². The summed E-state index contributed by atoms with van der Waals surface area (Å²) < 4.78 is 45.3. The number of nitrogens with one attached hydrogen (secondary N) is 1. The molecule has 2 heterocycles. The summed E-state index contributed by atoms with van der Waals surface area (Å²) in [6, 6.07) is 31.7. The third kappa shape index (κ3) is 9.68. The first-order chi connectivity index (χ1) is 28.2. The number of anilines is 1. The molecule has 1 unspecified atom stereocenters. The van der Waals surface area contributed by atoms with Crippen LogP contribution >= 0.6 is 11.6 Å². The van der Waals surface area contributed by atoms with Gasteiger partial charge < -0.3 is 19.2 Å². The number of amides is 1. The van der Waals surface area contributed by atoms with E-state index in [1.807, 2.05) is 73.7 Å². The van der Waals surface area contributed by atoms with Crippen molar-refractivity contribution in [2.45, 2.75) is 108 Å². The van der Waals surface area contributed by atoms with E-state index in [9.17, 15) is 18.3 Å². The average Bonchev–Trinajstić information content (AvgIpc) is 3.22. The molecule has 2 N–H and O–H groups in total. The summed E-state index contributed by atoms with van der Waals surface area (Å²) in [7, 11) is -7.20. The van der Waals surface area contributed by atoms with Crippen molar-refractivity contribution in [3.8, 4) is 5.75 Å². The predicted octanol–water partition coefficient (Wildman–Crippen LogP) is 8.58. The van der Waals surface area contributed by atoms with Crippen molar-refractivity contribution in [1.29, 1.82) is 0 Å². The van der Waals surface area contributed by atoms with Gasteiger partial charge in [0.1, 0.15) is 12.4 Å². The molecular formula is C48H59ClN2O6SSi. The number of nitrogens with zero attached hydrogens (tertiary/aromatic N) is 1. The second kappa shape index (κ2) is 18.4. The molecule has 0 radical (unpaired) electrons. The number of carbonyl (C=O) groups is 1. The van der Waals surface area contributed by atoms with Gasteiger partial charge in [0.2, 0.25) is 10.0 Å². The van der Waals surface area contributed by atoms with Gasteiger partial charge in [-0.1, -0.05) is 111 Å².